The maximum Gasteiger partial charge on any atom is 0.345 e. The molecule has 2 fully saturated rings. The van der Waals surface area contributed by atoms with Gasteiger partial charge in [-0.2, -0.15) is 5.01 Å². The van der Waals surface area contributed by atoms with E-state index in [1.165, 1.54) is 0 Å². The van der Waals surface area contributed by atoms with Crippen molar-refractivity contribution in [2.24, 2.45) is 11.2 Å². The van der Waals surface area contributed by atoms with Crippen LogP contribution in [0.3, 0.4) is 0 Å². The van der Waals surface area contributed by atoms with E-state index in [0.717, 1.165) is 37.0 Å². The summed E-state index contributed by atoms with van der Waals surface area (Å²) in [6.45, 7) is 3.59. The van der Waals surface area contributed by atoms with Gasteiger partial charge in [0.05, 0.1) is 17.9 Å². The second kappa shape index (κ2) is 11.4. The van der Waals surface area contributed by atoms with Gasteiger partial charge in [-0.3, -0.25) is 4.90 Å². The summed E-state index contributed by atoms with van der Waals surface area (Å²) >= 11 is 5.60. The lowest BCUT2D eigenvalue weighted by Crippen LogP contribution is -2.55. The van der Waals surface area contributed by atoms with Gasteiger partial charge < -0.3 is 24.8 Å². The Morgan fingerprint density at radius 3 is 2.45 bits per heavy atom. The van der Waals surface area contributed by atoms with Crippen LogP contribution in [-0.4, -0.2) is 87.2 Å². The molecule has 10 nitrogen and oxygen atoms in total. The molecule has 2 amide bonds. The van der Waals surface area contributed by atoms with Gasteiger partial charge in [0, 0.05) is 12.4 Å². The quantitative estimate of drug-likeness (QED) is 0.215. The van der Waals surface area contributed by atoms with Crippen LogP contribution < -0.4 is 0 Å². The van der Waals surface area contributed by atoms with Crippen molar-refractivity contribution in [2.75, 3.05) is 19.0 Å². The second-order valence-electron chi connectivity index (χ2n) is 7.98. The average molecular weight is 438 g/mol. The third-order valence-corrected chi connectivity index (χ3v) is 5.34. The summed E-state index contributed by atoms with van der Waals surface area (Å²) in [6, 6.07) is -0.858. The molecule has 0 radical (unpaired) electrons. The third kappa shape index (κ3) is 6.22. The van der Waals surface area contributed by atoms with Crippen LogP contribution in [0, 0.1) is 10.8 Å². The lowest BCUT2D eigenvalue weighted by atomic mass is 9.98. The Bertz CT molecular complexity index is 536. The average Bonchev–Trinajstić information content (AvgIpc) is 2.98. The lowest BCUT2D eigenvalue weighted by molar-refractivity contribution is -0.213. The molecule has 1 saturated carbocycles. The highest BCUT2D eigenvalue weighted by atomic mass is 35.5. The van der Waals surface area contributed by atoms with Crippen LogP contribution in [0.5, 0.6) is 0 Å². The number of aliphatic hydroxyl groups excluding tert-OH is 3. The van der Waals surface area contributed by atoms with E-state index in [1.54, 1.807) is 0 Å². The molecular weight excluding hydrogens is 406 g/mol. The third-order valence-electron chi connectivity index (χ3n) is 5.17. The zero-order chi connectivity index (χ0) is 21.6. The normalized spacial score (nSPS) is 29.1. The first kappa shape index (κ1) is 24.2. The fourth-order valence-electron chi connectivity index (χ4n) is 3.69. The summed E-state index contributed by atoms with van der Waals surface area (Å²) in [4.78, 5) is 24.7. The van der Waals surface area contributed by atoms with E-state index < -0.39 is 36.9 Å². The summed E-state index contributed by atoms with van der Waals surface area (Å²) in [7, 11) is 0. The van der Waals surface area contributed by atoms with E-state index in [4.69, 9.17) is 21.1 Å². The van der Waals surface area contributed by atoms with Crippen LogP contribution in [0.2, 0.25) is 0 Å². The number of hydrogen-bond acceptors (Lipinski definition) is 8. The molecule has 11 heteroatoms. The Morgan fingerprint density at radius 2 is 1.90 bits per heavy atom. The largest absolute Gasteiger partial charge is 0.387 e. The Morgan fingerprint density at radius 1 is 1.24 bits per heavy atom. The second-order valence-corrected chi connectivity index (χ2v) is 8.36. The topological polar surface area (TPSA) is 132 Å². The number of carbonyl (C=O) groups is 1. The van der Waals surface area contributed by atoms with Crippen molar-refractivity contribution < 1.29 is 29.6 Å². The Labute approximate surface area is 175 Å². The number of nitrogens with zero attached hydrogens (tertiary/aromatic N) is 3. The molecule has 1 aliphatic heterocycles. The Balaban J connectivity index is 2.11. The maximum atomic E-state index is 12.7. The molecule has 29 heavy (non-hydrogen) atoms. The van der Waals surface area contributed by atoms with Crippen molar-refractivity contribution in [1.82, 2.24) is 9.91 Å². The Hall–Kier alpha value is -1.04. The number of carbonyl (C=O) groups excluding carboxylic acids is 1. The Kier molecular flexibility index (Phi) is 9.51. The van der Waals surface area contributed by atoms with Gasteiger partial charge in [-0.15, -0.1) is 16.5 Å². The molecule has 0 aromatic carbocycles. The lowest BCUT2D eigenvalue weighted by Gasteiger charge is -2.35. The van der Waals surface area contributed by atoms with E-state index in [1.807, 2.05) is 13.8 Å². The van der Waals surface area contributed by atoms with Gasteiger partial charge >= 0.3 is 6.03 Å². The molecule has 3 N–H and O–H groups in total. The van der Waals surface area contributed by atoms with Crippen LogP contribution in [0.25, 0.3) is 0 Å². The minimum atomic E-state index is -1.62. The molecule has 0 bridgehead atoms. The molecule has 168 valence electrons. The van der Waals surface area contributed by atoms with E-state index in [9.17, 15) is 25.0 Å². The van der Waals surface area contributed by atoms with Gasteiger partial charge in [0.2, 0.25) is 0 Å². The van der Waals surface area contributed by atoms with Crippen molar-refractivity contribution in [3.63, 3.8) is 0 Å². The monoisotopic (exact) mass is 437 g/mol. The summed E-state index contributed by atoms with van der Waals surface area (Å²) in [5, 5.41) is 34.8. The highest BCUT2D eigenvalue weighted by molar-refractivity contribution is 6.18. The van der Waals surface area contributed by atoms with Gasteiger partial charge in [0.25, 0.3) is 0 Å². The smallest absolute Gasteiger partial charge is 0.345 e. The summed E-state index contributed by atoms with van der Waals surface area (Å²) in [5.41, 5.74) is 0. The molecule has 2 aliphatic rings. The van der Waals surface area contributed by atoms with Crippen molar-refractivity contribution in [3.8, 4) is 0 Å². The first-order chi connectivity index (χ1) is 13.8. The summed E-state index contributed by atoms with van der Waals surface area (Å²) in [5.74, 6) is -0.0716. The van der Waals surface area contributed by atoms with E-state index >= 15 is 0 Å². The van der Waals surface area contributed by atoms with Crippen LogP contribution >= 0.6 is 11.6 Å². The highest BCUT2D eigenvalue weighted by Crippen LogP contribution is 2.30. The molecule has 0 spiro atoms. The predicted molar refractivity (Wildman–Crippen MR) is 105 cm³/mol. The van der Waals surface area contributed by atoms with Gasteiger partial charge in [0.1, 0.15) is 18.3 Å². The first-order valence-electron chi connectivity index (χ1n) is 10.1. The van der Waals surface area contributed by atoms with Gasteiger partial charge in [0.15, 0.2) is 12.5 Å². The van der Waals surface area contributed by atoms with Crippen molar-refractivity contribution in [2.45, 2.75) is 82.9 Å². The fraction of sp³-hybridized carbons (Fsp3) is 0.944. The van der Waals surface area contributed by atoms with Gasteiger partial charge in [-0.1, -0.05) is 33.1 Å². The van der Waals surface area contributed by atoms with Crippen LogP contribution in [0.1, 0.15) is 46.0 Å². The molecule has 1 saturated heterocycles. The minimum Gasteiger partial charge on any atom is -0.387 e. The van der Waals surface area contributed by atoms with Crippen molar-refractivity contribution >= 4 is 17.6 Å². The summed E-state index contributed by atoms with van der Waals surface area (Å²) in [6.07, 6.45) is -2.08. The van der Waals surface area contributed by atoms with Crippen LogP contribution in [0.4, 0.5) is 4.79 Å². The number of alkyl halides is 1. The van der Waals surface area contributed by atoms with Crippen LogP contribution in [0.15, 0.2) is 5.29 Å². The molecule has 5 atom stereocenters. The number of ether oxygens (including phenoxy) is 2. The zero-order valence-corrected chi connectivity index (χ0v) is 17.6. The molecule has 1 unspecified atom stereocenters. The number of urea groups is 1. The number of aliphatic hydroxyl groups is 3. The number of nitroso groups, excluding NO2 is 1. The minimum absolute atomic E-state index is 0.0122. The first-order valence-corrected chi connectivity index (χ1v) is 10.7. The van der Waals surface area contributed by atoms with Gasteiger partial charge in [-0.05, 0) is 18.8 Å². The molecular formula is C18H32ClN3O7. The number of amides is 2. The SMILES string of the molecule is CC(C)CN(C(=O)N(CCCl)N=O)C(O)[C@H]1O[C@@H](OC2CCCCC2)[C@H](O)[C@@H]1O. The van der Waals surface area contributed by atoms with E-state index in [2.05, 4.69) is 5.29 Å². The number of rotatable bonds is 9. The highest BCUT2D eigenvalue weighted by Gasteiger charge is 2.50. The van der Waals surface area contributed by atoms with Crippen molar-refractivity contribution in [1.29, 1.82) is 0 Å². The molecule has 1 heterocycles. The van der Waals surface area contributed by atoms with Gasteiger partial charge in [-0.25, -0.2) is 4.79 Å². The zero-order valence-electron chi connectivity index (χ0n) is 16.9. The fourth-order valence-corrected chi connectivity index (χ4v) is 3.85. The molecule has 1 aliphatic carbocycles. The molecule has 2 rings (SSSR count). The predicted octanol–water partition coefficient (Wildman–Crippen LogP) is 1.40. The molecule has 0 aromatic heterocycles. The van der Waals surface area contributed by atoms with Crippen molar-refractivity contribution in [3.05, 3.63) is 4.91 Å². The maximum absolute atomic E-state index is 12.7. The standard InChI is InChI=1S/C18H32ClN3O7/c1-11(2)10-21(18(26)22(20-27)9-8-19)16(25)15-13(23)14(24)17(29-15)28-12-6-4-3-5-7-12/h11-17,23-25H,3-10H2,1-2H3/t13-,14+,15-,16?,17+/m0/s1. The van der Waals surface area contributed by atoms with Crippen LogP contribution in [-0.2, 0) is 9.47 Å². The number of halogens is 1. The molecule has 0 aromatic rings. The number of hydrogen-bond donors (Lipinski definition) is 3. The summed E-state index contributed by atoms with van der Waals surface area (Å²) < 4.78 is 11.4. The van der Waals surface area contributed by atoms with E-state index in [-0.39, 0.29) is 31.0 Å². The van der Waals surface area contributed by atoms with E-state index in [0.29, 0.717) is 5.01 Å².